The molecule has 3 rings (SSSR count). The van der Waals surface area contributed by atoms with Crippen molar-refractivity contribution in [2.45, 2.75) is 19.4 Å². The van der Waals surface area contributed by atoms with E-state index in [0.717, 1.165) is 25.4 Å². The number of halogens is 2. The Morgan fingerprint density at radius 3 is 2.88 bits per heavy atom. The Morgan fingerprint density at radius 1 is 1.40 bits per heavy atom. The highest BCUT2D eigenvalue weighted by Crippen LogP contribution is 2.24. The van der Waals surface area contributed by atoms with Gasteiger partial charge in [0.15, 0.2) is 5.82 Å². The van der Waals surface area contributed by atoms with Gasteiger partial charge < -0.3 is 15.0 Å². The summed E-state index contributed by atoms with van der Waals surface area (Å²) in [4.78, 5) is 25.9. The van der Waals surface area contributed by atoms with Crippen LogP contribution in [0.25, 0.3) is 0 Å². The Hall–Kier alpha value is -2.48. The lowest BCUT2D eigenvalue weighted by Gasteiger charge is -2.18. The van der Waals surface area contributed by atoms with Gasteiger partial charge in [-0.15, -0.1) is 0 Å². The van der Waals surface area contributed by atoms with Crippen molar-refractivity contribution in [1.29, 1.82) is 0 Å². The second kappa shape index (κ2) is 7.60. The summed E-state index contributed by atoms with van der Waals surface area (Å²) >= 11 is 5.95. The van der Waals surface area contributed by atoms with Gasteiger partial charge in [0.2, 0.25) is 5.95 Å². The SMILES string of the molecule is CCOC(=O)c1cnc(Cl)cc1NC1CCN(c2ncc(F)cn2)C1. The van der Waals surface area contributed by atoms with Crippen LogP contribution in [0.4, 0.5) is 16.0 Å². The normalized spacial score (nSPS) is 16.8. The molecule has 1 aliphatic heterocycles. The maximum atomic E-state index is 12.9. The van der Waals surface area contributed by atoms with E-state index in [4.69, 9.17) is 16.3 Å². The Balaban J connectivity index is 1.72. The lowest BCUT2D eigenvalue weighted by atomic mass is 10.2. The number of pyridine rings is 1. The molecule has 1 saturated heterocycles. The van der Waals surface area contributed by atoms with Crippen molar-refractivity contribution in [3.05, 3.63) is 41.2 Å². The third-order valence-corrected chi connectivity index (χ3v) is 4.01. The van der Waals surface area contributed by atoms with Gasteiger partial charge in [-0.25, -0.2) is 24.1 Å². The zero-order chi connectivity index (χ0) is 17.8. The van der Waals surface area contributed by atoms with Crippen molar-refractivity contribution in [3.8, 4) is 0 Å². The molecule has 1 unspecified atom stereocenters. The van der Waals surface area contributed by atoms with E-state index in [2.05, 4.69) is 20.3 Å². The molecule has 25 heavy (non-hydrogen) atoms. The molecule has 132 valence electrons. The van der Waals surface area contributed by atoms with E-state index >= 15 is 0 Å². The van der Waals surface area contributed by atoms with Crippen LogP contribution < -0.4 is 10.2 Å². The van der Waals surface area contributed by atoms with E-state index in [9.17, 15) is 9.18 Å². The molecule has 9 heteroatoms. The zero-order valence-corrected chi connectivity index (χ0v) is 14.3. The molecule has 3 heterocycles. The molecule has 0 amide bonds. The largest absolute Gasteiger partial charge is 0.462 e. The van der Waals surface area contributed by atoms with Crippen LogP contribution in [0.3, 0.4) is 0 Å². The minimum absolute atomic E-state index is 0.0558. The van der Waals surface area contributed by atoms with Crippen molar-refractivity contribution in [1.82, 2.24) is 15.0 Å². The Labute approximate surface area is 149 Å². The zero-order valence-electron chi connectivity index (χ0n) is 13.6. The number of esters is 1. The van der Waals surface area contributed by atoms with E-state index in [-0.39, 0.29) is 17.8 Å². The first-order chi connectivity index (χ1) is 12.1. The molecule has 0 aliphatic carbocycles. The van der Waals surface area contributed by atoms with Gasteiger partial charge in [-0.1, -0.05) is 11.6 Å². The second-order valence-electron chi connectivity index (χ2n) is 5.55. The highest BCUT2D eigenvalue weighted by Gasteiger charge is 2.26. The quantitative estimate of drug-likeness (QED) is 0.644. The lowest BCUT2D eigenvalue weighted by molar-refractivity contribution is 0.0527. The molecule has 0 radical (unpaired) electrons. The Morgan fingerprint density at radius 2 is 2.16 bits per heavy atom. The van der Waals surface area contributed by atoms with Crippen molar-refractivity contribution in [2.75, 3.05) is 29.9 Å². The molecule has 0 bridgehead atoms. The van der Waals surface area contributed by atoms with Crippen LogP contribution in [-0.2, 0) is 4.74 Å². The van der Waals surface area contributed by atoms with Crippen LogP contribution >= 0.6 is 11.6 Å². The Bertz CT molecular complexity index is 759. The fraction of sp³-hybridized carbons (Fsp3) is 0.375. The lowest BCUT2D eigenvalue weighted by Crippen LogP contribution is -2.28. The standard InChI is InChI=1S/C16H17ClFN5O2/c1-2-25-15(24)12-8-19-14(17)5-13(12)22-11-3-4-23(9-11)16-20-6-10(18)7-21-16/h5-8,11H,2-4,9H2,1H3,(H,19,22). The fourth-order valence-electron chi connectivity index (χ4n) is 2.67. The van der Waals surface area contributed by atoms with E-state index < -0.39 is 11.8 Å². The van der Waals surface area contributed by atoms with Gasteiger partial charge in [0.1, 0.15) is 10.7 Å². The molecule has 1 atom stereocenters. The predicted molar refractivity (Wildman–Crippen MR) is 91.4 cm³/mol. The molecule has 2 aromatic rings. The highest BCUT2D eigenvalue weighted by atomic mass is 35.5. The molecule has 0 aromatic carbocycles. The van der Waals surface area contributed by atoms with Gasteiger partial charge in [0.05, 0.1) is 24.7 Å². The first kappa shape index (κ1) is 17.3. The van der Waals surface area contributed by atoms with Crippen molar-refractivity contribution in [2.24, 2.45) is 0 Å². The first-order valence-corrected chi connectivity index (χ1v) is 8.26. The van der Waals surface area contributed by atoms with Gasteiger partial charge in [-0.3, -0.25) is 0 Å². The van der Waals surface area contributed by atoms with Crippen LogP contribution in [0.5, 0.6) is 0 Å². The number of rotatable bonds is 5. The summed E-state index contributed by atoms with van der Waals surface area (Å²) in [7, 11) is 0. The number of anilines is 2. The third kappa shape index (κ3) is 4.14. The van der Waals surface area contributed by atoms with Crippen LogP contribution in [-0.4, -0.2) is 46.7 Å². The number of carbonyl (C=O) groups is 1. The summed E-state index contributed by atoms with van der Waals surface area (Å²) in [5.74, 6) is -0.446. The summed E-state index contributed by atoms with van der Waals surface area (Å²) in [6.45, 7) is 3.36. The van der Waals surface area contributed by atoms with Gasteiger partial charge in [0, 0.05) is 25.3 Å². The van der Waals surface area contributed by atoms with Crippen LogP contribution in [0.15, 0.2) is 24.7 Å². The summed E-state index contributed by atoms with van der Waals surface area (Å²) in [6, 6.07) is 1.66. The summed E-state index contributed by atoms with van der Waals surface area (Å²) < 4.78 is 18.0. The minimum atomic E-state index is -0.469. The molecule has 0 spiro atoms. The van der Waals surface area contributed by atoms with Crippen molar-refractivity contribution in [3.63, 3.8) is 0 Å². The number of aromatic nitrogens is 3. The third-order valence-electron chi connectivity index (χ3n) is 3.80. The fourth-order valence-corrected chi connectivity index (χ4v) is 2.83. The smallest absolute Gasteiger partial charge is 0.341 e. The maximum Gasteiger partial charge on any atom is 0.341 e. The number of carbonyl (C=O) groups excluding carboxylic acids is 1. The molecule has 1 N–H and O–H groups in total. The molecule has 0 saturated carbocycles. The minimum Gasteiger partial charge on any atom is -0.462 e. The molecular formula is C16H17ClFN5O2. The number of nitrogens with zero attached hydrogens (tertiary/aromatic N) is 4. The topological polar surface area (TPSA) is 80.2 Å². The van der Waals surface area contributed by atoms with Crippen LogP contribution in [0.2, 0.25) is 5.15 Å². The molecule has 7 nitrogen and oxygen atoms in total. The number of nitrogens with one attached hydrogen (secondary N) is 1. The average Bonchev–Trinajstić information content (AvgIpc) is 3.04. The van der Waals surface area contributed by atoms with E-state index in [1.165, 1.54) is 6.20 Å². The highest BCUT2D eigenvalue weighted by molar-refractivity contribution is 6.29. The van der Waals surface area contributed by atoms with Crippen LogP contribution in [0, 0.1) is 5.82 Å². The number of hydrogen-bond acceptors (Lipinski definition) is 7. The molecular weight excluding hydrogens is 349 g/mol. The summed E-state index contributed by atoms with van der Waals surface area (Å²) in [6.07, 6.45) is 4.50. The van der Waals surface area contributed by atoms with E-state index in [1.54, 1.807) is 13.0 Å². The maximum absolute atomic E-state index is 12.9. The molecule has 1 fully saturated rings. The average molecular weight is 366 g/mol. The van der Waals surface area contributed by atoms with Gasteiger partial charge in [0.25, 0.3) is 0 Å². The van der Waals surface area contributed by atoms with Crippen LogP contribution in [0.1, 0.15) is 23.7 Å². The monoisotopic (exact) mass is 365 g/mol. The number of hydrogen-bond donors (Lipinski definition) is 1. The van der Waals surface area contributed by atoms with E-state index in [0.29, 0.717) is 23.7 Å². The summed E-state index contributed by atoms with van der Waals surface area (Å²) in [5.41, 5.74) is 0.910. The van der Waals surface area contributed by atoms with E-state index in [1.807, 2.05) is 4.90 Å². The predicted octanol–water partition coefficient (Wildman–Crippen LogP) is 2.53. The molecule has 1 aliphatic rings. The molecule has 2 aromatic heterocycles. The first-order valence-electron chi connectivity index (χ1n) is 7.88. The van der Waals surface area contributed by atoms with Gasteiger partial charge >= 0.3 is 5.97 Å². The summed E-state index contributed by atoms with van der Waals surface area (Å²) in [5, 5.41) is 3.59. The number of ether oxygens (including phenoxy) is 1. The van der Waals surface area contributed by atoms with Gasteiger partial charge in [-0.2, -0.15) is 0 Å². The van der Waals surface area contributed by atoms with Crippen molar-refractivity contribution >= 4 is 29.2 Å². The van der Waals surface area contributed by atoms with Gasteiger partial charge in [-0.05, 0) is 19.4 Å². The second-order valence-corrected chi connectivity index (χ2v) is 5.94. The van der Waals surface area contributed by atoms with Crippen molar-refractivity contribution < 1.29 is 13.9 Å². The Kier molecular flexibility index (Phi) is 5.28.